The summed E-state index contributed by atoms with van der Waals surface area (Å²) < 4.78 is 6.15. The normalized spacial score (nSPS) is 40.8. The molecule has 2 aliphatic rings. The second-order valence-corrected chi connectivity index (χ2v) is 10.9. The molecule has 0 heterocycles. The molecule has 2 rings (SSSR count). The van der Waals surface area contributed by atoms with E-state index in [2.05, 4.69) is 45.2 Å². The molecule has 22 heavy (non-hydrogen) atoms. The summed E-state index contributed by atoms with van der Waals surface area (Å²) in [5.41, 5.74) is -0.697. The minimum atomic E-state index is -0.506. The van der Waals surface area contributed by atoms with Gasteiger partial charge in [-0.05, 0) is 63.2 Å². The maximum absolute atomic E-state index is 12.5. The number of carbonyl (C=O) groups excluding carboxylic acids is 1. The van der Waals surface area contributed by atoms with Crippen molar-refractivity contribution in [2.45, 2.75) is 55.0 Å². The van der Waals surface area contributed by atoms with Crippen LogP contribution >= 0.6 is 45.2 Å². The number of fused-ring (bicyclic) bond motifs is 2. The molecule has 0 amide bonds. The SMILES string of the molecule is CC1(OC(=O)C(C)(I)CI)CC2CC(CO)CC(CO)(C2)C1. The van der Waals surface area contributed by atoms with E-state index in [-0.39, 0.29) is 30.5 Å². The van der Waals surface area contributed by atoms with Crippen LogP contribution in [0.5, 0.6) is 0 Å². The van der Waals surface area contributed by atoms with Gasteiger partial charge in [-0.1, -0.05) is 45.2 Å². The lowest BCUT2D eigenvalue weighted by atomic mass is 9.55. The summed E-state index contributed by atoms with van der Waals surface area (Å²) in [6.45, 7) is 4.22. The van der Waals surface area contributed by atoms with Crippen LogP contribution in [0.1, 0.15) is 46.0 Å². The van der Waals surface area contributed by atoms with Crippen LogP contribution in [-0.4, -0.2) is 42.8 Å². The minimum absolute atomic E-state index is 0.112. The summed E-state index contributed by atoms with van der Waals surface area (Å²) in [4.78, 5) is 12.5. The van der Waals surface area contributed by atoms with Crippen LogP contribution in [-0.2, 0) is 9.53 Å². The van der Waals surface area contributed by atoms with Gasteiger partial charge in [-0.2, -0.15) is 0 Å². The number of hydrogen-bond donors (Lipinski definition) is 2. The molecule has 6 heteroatoms. The zero-order valence-electron chi connectivity index (χ0n) is 13.3. The van der Waals surface area contributed by atoms with Gasteiger partial charge in [0.25, 0.3) is 0 Å². The summed E-state index contributed by atoms with van der Waals surface area (Å²) in [5, 5.41) is 19.5. The summed E-state index contributed by atoms with van der Waals surface area (Å²) in [5.74, 6) is 0.539. The molecule has 2 N–H and O–H groups in total. The molecular weight excluding hydrogens is 510 g/mol. The summed E-state index contributed by atoms with van der Waals surface area (Å²) in [7, 11) is 0. The van der Waals surface area contributed by atoms with Gasteiger partial charge in [0.15, 0.2) is 0 Å². The fraction of sp³-hybridized carbons (Fsp3) is 0.938. The Balaban J connectivity index is 2.15. The molecule has 4 nitrogen and oxygen atoms in total. The number of aliphatic hydroxyl groups is 2. The first-order chi connectivity index (χ1) is 10.2. The average Bonchev–Trinajstić information content (AvgIpc) is 2.45. The Labute approximate surface area is 160 Å². The largest absolute Gasteiger partial charge is 0.458 e. The van der Waals surface area contributed by atoms with Crippen molar-refractivity contribution < 1.29 is 19.7 Å². The van der Waals surface area contributed by atoms with Gasteiger partial charge < -0.3 is 14.9 Å². The highest BCUT2D eigenvalue weighted by Crippen LogP contribution is 2.55. The number of aliphatic hydroxyl groups excluding tert-OH is 2. The number of rotatable bonds is 5. The van der Waals surface area contributed by atoms with E-state index in [0.29, 0.717) is 16.8 Å². The third kappa shape index (κ3) is 4.08. The smallest absolute Gasteiger partial charge is 0.323 e. The molecule has 5 atom stereocenters. The Morgan fingerprint density at radius 3 is 2.59 bits per heavy atom. The summed E-state index contributed by atoms with van der Waals surface area (Å²) in [6, 6.07) is 0. The molecule has 2 fully saturated rings. The van der Waals surface area contributed by atoms with Crippen LogP contribution in [0.3, 0.4) is 0 Å². The Hall–Kier alpha value is 0.850. The molecule has 0 aromatic heterocycles. The molecule has 0 spiro atoms. The number of alkyl halides is 2. The number of esters is 1. The van der Waals surface area contributed by atoms with E-state index >= 15 is 0 Å². The minimum Gasteiger partial charge on any atom is -0.458 e. The first-order valence-corrected chi connectivity index (χ1v) is 10.5. The zero-order chi connectivity index (χ0) is 16.6. The summed E-state index contributed by atoms with van der Waals surface area (Å²) >= 11 is 4.37. The standard InChI is InChI=1S/C16H26I2O4/c1-14(22-13(21)15(2,18)9-17)4-11-3-12(7-19)6-16(5-11,8-14)10-20/h11-12,19-20H,3-10H2,1-2H3. The molecule has 2 bridgehead atoms. The van der Waals surface area contributed by atoms with E-state index in [4.69, 9.17) is 4.74 Å². The number of carbonyl (C=O) groups is 1. The van der Waals surface area contributed by atoms with Gasteiger partial charge >= 0.3 is 5.97 Å². The van der Waals surface area contributed by atoms with Crippen molar-refractivity contribution >= 4 is 51.2 Å². The van der Waals surface area contributed by atoms with E-state index in [0.717, 1.165) is 25.7 Å². The van der Waals surface area contributed by atoms with Gasteiger partial charge in [0.05, 0.1) is 0 Å². The third-order valence-corrected chi connectivity index (χ3v) is 9.00. The average molecular weight is 536 g/mol. The van der Waals surface area contributed by atoms with E-state index in [1.165, 1.54) is 0 Å². The molecule has 0 aromatic rings. The van der Waals surface area contributed by atoms with Gasteiger partial charge in [-0.25, -0.2) is 0 Å². The van der Waals surface area contributed by atoms with Crippen molar-refractivity contribution in [3.63, 3.8) is 0 Å². The Morgan fingerprint density at radius 2 is 2.05 bits per heavy atom. The van der Waals surface area contributed by atoms with Gasteiger partial charge in [0.1, 0.15) is 9.02 Å². The van der Waals surface area contributed by atoms with Crippen LogP contribution in [0.4, 0.5) is 0 Å². The lowest BCUT2D eigenvalue weighted by Crippen LogP contribution is -2.52. The Morgan fingerprint density at radius 1 is 1.36 bits per heavy atom. The number of ether oxygens (including phenoxy) is 1. The van der Waals surface area contributed by atoms with Gasteiger partial charge in [-0.15, -0.1) is 0 Å². The highest BCUT2D eigenvalue weighted by Gasteiger charge is 2.52. The predicted octanol–water partition coefficient (Wildman–Crippen LogP) is 3.10. The maximum Gasteiger partial charge on any atom is 0.323 e. The van der Waals surface area contributed by atoms with Crippen molar-refractivity contribution in [1.29, 1.82) is 0 Å². The predicted molar refractivity (Wildman–Crippen MR) is 102 cm³/mol. The third-order valence-electron chi connectivity index (χ3n) is 5.19. The van der Waals surface area contributed by atoms with Crippen LogP contribution in [0.25, 0.3) is 0 Å². The van der Waals surface area contributed by atoms with Crippen LogP contribution < -0.4 is 0 Å². The first-order valence-electron chi connectivity index (χ1n) is 7.88. The molecule has 0 aromatic carbocycles. The van der Waals surface area contributed by atoms with Crippen LogP contribution in [0.15, 0.2) is 0 Å². The first kappa shape index (κ1) is 19.2. The number of halogens is 2. The topological polar surface area (TPSA) is 66.8 Å². The van der Waals surface area contributed by atoms with Gasteiger partial charge in [0, 0.05) is 17.6 Å². The van der Waals surface area contributed by atoms with Crippen molar-refractivity contribution in [3.05, 3.63) is 0 Å². The molecule has 0 saturated heterocycles. The van der Waals surface area contributed by atoms with Crippen LogP contribution in [0.2, 0.25) is 0 Å². The zero-order valence-corrected chi connectivity index (χ0v) is 17.6. The fourth-order valence-corrected chi connectivity index (χ4v) is 4.93. The molecule has 128 valence electrons. The monoisotopic (exact) mass is 536 g/mol. The van der Waals surface area contributed by atoms with Crippen molar-refractivity contribution in [1.82, 2.24) is 0 Å². The van der Waals surface area contributed by atoms with E-state index in [9.17, 15) is 15.0 Å². The Kier molecular flexibility index (Phi) is 6.10. The molecule has 0 aliphatic heterocycles. The second kappa shape index (κ2) is 7.00. The molecule has 2 aliphatic carbocycles. The maximum atomic E-state index is 12.5. The van der Waals surface area contributed by atoms with Crippen LogP contribution in [0, 0.1) is 17.3 Å². The Bertz CT molecular complexity index is 428. The van der Waals surface area contributed by atoms with E-state index in [1.807, 2.05) is 13.8 Å². The van der Waals surface area contributed by atoms with E-state index < -0.39 is 9.02 Å². The fourth-order valence-electron chi connectivity index (χ4n) is 4.51. The van der Waals surface area contributed by atoms with Gasteiger partial charge in [0.2, 0.25) is 0 Å². The highest BCUT2D eigenvalue weighted by atomic mass is 127. The number of hydrogen-bond acceptors (Lipinski definition) is 4. The molecule has 5 unspecified atom stereocenters. The van der Waals surface area contributed by atoms with Crippen molar-refractivity contribution in [3.8, 4) is 0 Å². The second-order valence-electron chi connectivity index (χ2n) is 7.77. The molecule has 2 saturated carbocycles. The summed E-state index contributed by atoms with van der Waals surface area (Å²) in [6.07, 6.45) is 4.33. The lowest BCUT2D eigenvalue weighted by molar-refractivity contribution is -0.178. The molecule has 0 radical (unpaired) electrons. The van der Waals surface area contributed by atoms with Gasteiger partial charge in [-0.3, -0.25) is 4.79 Å². The van der Waals surface area contributed by atoms with E-state index in [1.54, 1.807) is 0 Å². The van der Waals surface area contributed by atoms with Crippen molar-refractivity contribution in [2.75, 3.05) is 17.6 Å². The highest BCUT2D eigenvalue weighted by molar-refractivity contribution is 14.1. The quantitative estimate of drug-likeness (QED) is 0.322. The van der Waals surface area contributed by atoms with Crippen molar-refractivity contribution in [2.24, 2.45) is 17.3 Å². The molecular formula is C16H26I2O4. The lowest BCUT2D eigenvalue weighted by Gasteiger charge is -2.53.